The highest BCUT2D eigenvalue weighted by Crippen LogP contribution is 2.61. The van der Waals surface area contributed by atoms with Gasteiger partial charge in [0.25, 0.3) is 29.2 Å². The molecule has 1 heterocycles. The molecule has 0 bridgehead atoms. The molecule has 0 spiro atoms. The molecule has 1 saturated heterocycles. The van der Waals surface area contributed by atoms with E-state index in [0.29, 0.717) is 0 Å². The van der Waals surface area contributed by atoms with Crippen LogP contribution >= 0.6 is 23.5 Å². The Hall–Kier alpha value is -1.05. The van der Waals surface area contributed by atoms with Crippen molar-refractivity contribution >= 4 is 29.2 Å². The highest BCUT2D eigenvalue weighted by Gasteiger charge is 2.36. The van der Waals surface area contributed by atoms with Gasteiger partial charge in [-0.3, -0.25) is 23.8 Å². The van der Waals surface area contributed by atoms with Crippen molar-refractivity contribution in [3.8, 4) is 0 Å². The van der Waals surface area contributed by atoms with E-state index in [2.05, 4.69) is 13.1 Å². The van der Waals surface area contributed by atoms with Crippen LogP contribution < -0.4 is 14.7 Å². The smallest absolute Gasteiger partial charge is 0.280 e. The lowest BCUT2D eigenvalue weighted by Crippen LogP contribution is -2.30. The molecule has 4 unspecified atom stereocenters. The van der Waals surface area contributed by atoms with Gasteiger partial charge in [0.05, 0.1) is 35.9 Å². The van der Waals surface area contributed by atoms with Gasteiger partial charge >= 0.3 is 0 Å². The van der Waals surface area contributed by atoms with Gasteiger partial charge in [-0.15, -0.1) is 0 Å². The van der Waals surface area contributed by atoms with Gasteiger partial charge in [-0.25, -0.2) is 8.62 Å². The first-order valence-corrected chi connectivity index (χ1v) is 12.8. The van der Waals surface area contributed by atoms with E-state index in [4.69, 9.17) is 14.4 Å². The maximum absolute atomic E-state index is 11.7. The maximum Gasteiger partial charge on any atom is 0.280 e. The summed E-state index contributed by atoms with van der Waals surface area (Å²) in [6.07, 6.45) is -1.94. The zero-order chi connectivity index (χ0) is 23.4. The number of benzene rings is 1. The summed E-state index contributed by atoms with van der Waals surface area (Å²) in [5.41, 5.74) is 0.0884. The van der Waals surface area contributed by atoms with Gasteiger partial charge < -0.3 is 33.6 Å². The first-order valence-electron chi connectivity index (χ1n) is 8.40. The Morgan fingerprint density at radius 2 is 1.81 bits per heavy atom. The van der Waals surface area contributed by atoms with E-state index in [0.717, 1.165) is 0 Å². The fraction of sp³-hybridized carbons (Fsp3) is 0.538. The van der Waals surface area contributed by atoms with Crippen LogP contribution in [-0.2, 0) is 42.9 Å². The Kier molecular flexibility index (Phi) is 8.67. The van der Waals surface area contributed by atoms with Crippen LogP contribution in [0.25, 0.3) is 0 Å². The van der Waals surface area contributed by atoms with Gasteiger partial charge in [-0.05, 0) is 13.0 Å². The van der Waals surface area contributed by atoms with Crippen molar-refractivity contribution in [2.24, 2.45) is 0 Å². The Labute approximate surface area is 175 Å². The SMILES string of the molecule is C[C@H]1CC(OCc2ccccc2[N+](=O)[O-])[C@@H](COP(=O)([O-])OP(=O)([O-])OP(=O)([O-])O)O1. The molecule has 0 amide bonds. The van der Waals surface area contributed by atoms with Crippen LogP contribution in [0.15, 0.2) is 24.3 Å². The molecule has 176 valence electrons. The summed E-state index contributed by atoms with van der Waals surface area (Å²) in [4.78, 5) is 52.1. The minimum absolute atomic E-state index is 0.175. The van der Waals surface area contributed by atoms with Crippen LogP contribution in [0.4, 0.5) is 5.69 Å². The van der Waals surface area contributed by atoms with Crippen LogP contribution in [0.3, 0.4) is 0 Å². The molecule has 0 aromatic heterocycles. The third kappa shape index (κ3) is 8.78. The molecule has 31 heavy (non-hydrogen) atoms. The molecular formula is C13H17NO14P3-3. The Morgan fingerprint density at radius 1 is 1.16 bits per heavy atom. The van der Waals surface area contributed by atoms with Gasteiger partial charge in [0.1, 0.15) is 6.10 Å². The Bertz CT molecular complexity index is 934. The summed E-state index contributed by atoms with van der Waals surface area (Å²) < 4.78 is 55.4. The molecule has 1 fully saturated rings. The number of nitrogens with zero attached hydrogens (tertiary/aromatic N) is 1. The van der Waals surface area contributed by atoms with Crippen molar-refractivity contribution in [2.45, 2.75) is 38.3 Å². The minimum Gasteiger partial charge on any atom is -0.756 e. The predicted octanol–water partition coefficient (Wildman–Crippen LogP) is 0.105. The molecule has 2 rings (SSSR count). The van der Waals surface area contributed by atoms with Gasteiger partial charge in [-0.2, -0.15) is 0 Å². The molecule has 1 aromatic rings. The lowest BCUT2D eigenvalue weighted by atomic mass is 10.1. The van der Waals surface area contributed by atoms with E-state index in [-0.39, 0.29) is 24.3 Å². The fourth-order valence-corrected chi connectivity index (χ4v) is 5.60. The number of rotatable bonds is 11. The second-order valence-electron chi connectivity index (χ2n) is 6.28. The number of hydrogen-bond acceptors (Lipinski definition) is 13. The monoisotopic (exact) mass is 504 g/mol. The third-order valence-electron chi connectivity index (χ3n) is 3.83. The summed E-state index contributed by atoms with van der Waals surface area (Å²) in [5.74, 6) is 0. The zero-order valence-electron chi connectivity index (χ0n) is 15.7. The molecule has 6 atom stereocenters. The zero-order valence-corrected chi connectivity index (χ0v) is 18.4. The normalized spacial score (nSPS) is 27.2. The molecule has 0 aliphatic carbocycles. The predicted molar refractivity (Wildman–Crippen MR) is 93.8 cm³/mol. The summed E-state index contributed by atoms with van der Waals surface area (Å²) >= 11 is 0. The van der Waals surface area contributed by atoms with Gasteiger partial charge in [0.15, 0.2) is 0 Å². The van der Waals surface area contributed by atoms with Crippen LogP contribution in [0, 0.1) is 10.1 Å². The fourth-order valence-electron chi connectivity index (χ4n) is 2.70. The first-order chi connectivity index (χ1) is 14.2. The molecule has 1 N–H and O–H groups in total. The lowest BCUT2D eigenvalue weighted by Gasteiger charge is -2.33. The topological polar surface area (TPSA) is 230 Å². The molecular weight excluding hydrogens is 487 g/mol. The number of nitro benzene ring substituents is 1. The number of para-hydroxylation sites is 1. The van der Waals surface area contributed by atoms with Gasteiger partial charge in [0.2, 0.25) is 0 Å². The van der Waals surface area contributed by atoms with E-state index in [1.165, 1.54) is 18.2 Å². The number of phosphoric ester groups is 1. The van der Waals surface area contributed by atoms with E-state index >= 15 is 0 Å². The number of hydrogen-bond donors (Lipinski definition) is 1. The number of ether oxygens (including phenoxy) is 2. The quantitative estimate of drug-likeness (QED) is 0.239. The second-order valence-corrected chi connectivity index (χ2v) is 10.6. The summed E-state index contributed by atoms with van der Waals surface area (Å²) in [6, 6.07) is 5.81. The van der Waals surface area contributed by atoms with E-state index in [1.54, 1.807) is 13.0 Å². The Morgan fingerprint density at radius 3 is 2.42 bits per heavy atom. The molecule has 1 aromatic carbocycles. The third-order valence-corrected chi connectivity index (χ3v) is 7.52. The van der Waals surface area contributed by atoms with Gasteiger partial charge in [-0.1, -0.05) is 12.1 Å². The van der Waals surface area contributed by atoms with E-state index < -0.39 is 53.3 Å². The van der Waals surface area contributed by atoms with Crippen molar-refractivity contribution < 1.29 is 60.8 Å². The van der Waals surface area contributed by atoms with Crippen LogP contribution in [0.1, 0.15) is 18.9 Å². The van der Waals surface area contributed by atoms with Crippen molar-refractivity contribution in [3.63, 3.8) is 0 Å². The van der Waals surface area contributed by atoms with Crippen LogP contribution in [0.2, 0.25) is 0 Å². The minimum atomic E-state index is -6.00. The van der Waals surface area contributed by atoms with E-state index in [9.17, 15) is 38.5 Å². The second kappa shape index (κ2) is 10.3. The summed E-state index contributed by atoms with van der Waals surface area (Å²) in [5, 5.41) is 11.1. The molecule has 18 heteroatoms. The van der Waals surface area contributed by atoms with Crippen molar-refractivity contribution in [2.75, 3.05) is 6.61 Å². The molecule has 1 aliphatic rings. The van der Waals surface area contributed by atoms with Crippen molar-refractivity contribution in [1.29, 1.82) is 0 Å². The van der Waals surface area contributed by atoms with Crippen LogP contribution in [-0.4, -0.2) is 34.7 Å². The average molecular weight is 504 g/mol. The van der Waals surface area contributed by atoms with Gasteiger partial charge in [0, 0.05) is 12.5 Å². The highest BCUT2D eigenvalue weighted by molar-refractivity contribution is 7.65. The van der Waals surface area contributed by atoms with E-state index in [1.807, 2.05) is 0 Å². The molecule has 1 aliphatic heterocycles. The number of phosphoric acid groups is 3. The lowest BCUT2D eigenvalue weighted by molar-refractivity contribution is -0.386. The standard InChI is InChI=1S/C13H20NO14P3/c1-9-6-12(24-7-10-4-2-3-5-11(10)14(15)16)13(26-9)8-25-30(20,21)28-31(22,23)27-29(17,18)19/h2-5,9,12-13H,6-8H2,1H3,(H,20,21)(H,22,23)(H2,17,18,19)/p-3/t9-,12?,13+/m0/s1. The summed E-state index contributed by atoms with van der Waals surface area (Å²) in [6.45, 7) is 0.668. The van der Waals surface area contributed by atoms with Crippen molar-refractivity contribution in [1.82, 2.24) is 0 Å². The largest absolute Gasteiger partial charge is 0.756 e. The first kappa shape index (κ1) is 26.2. The number of nitro groups is 1. The molecule has 15 nitrogen and oxygen atoms in total. The average Bonchev–Trinajstić information content (AvgIpc) is 2.95. The van der Waals surface area contributed by atoms with Crippen LogP contribution in [0.5, 0.6) is 0 Å². The molecule has 0 saturated carbocycles. The van der Waals surface area contributed by atoms with Crippen molar-refractivity contribution in [3.05, 3.63) is 39.9 Å². The summed E-state index contributed by atoms with van der Waals surface area (Å²) in [7, 11) is -17.5. The Balaban J connectivity index is 1.97. The highest BCUT2D eigenvalue weighted by atomic mass is 31.3. The maximum atomic E-state index is 11.7. The molecule has 0 radical (unpaired) electrons.